The minimum Gasteiger partial charge on any atom is -0.375 e. The molecule has 0 radical (unpaired) electrons. The molecule has 1 unspecified atom stereocenters. The van der Waals surface area contributed by atoms with E-state index < -0.39 is 0 Å². The molecule has 1 atom stereocenters. The van der Waals surface area contributed by atoms with Gasteiger partial charge in [-0.25, -0.2) is 0 Å². The molecule has 1 saturated heterocycles. The van der Waals surface area contributed by atoms with Gasteiger partial charge in [0.2, 0.25) is 11.8 Å². The Hall–Kier alpha value is -2.04. The van der Waals surface area contributed by atoms with Crippen molar-refractivity contribution >= 4 is 23.7 Å². The summed E-state index contributed by atoms with van der Waals surface area (Å²) in [4.78, 5) is 23.3. The number of allylic oxidation sites excluding steroid dienone is 1. The average Bonchev–Trinajstić information content (AvgIpc) is 2.67. The van der Waals surface area contributed by atoms with Gasteiger partial charge in [0.15, 0.2) is 0 Å². The smallest absolute Gasteiger partial charge is 0.249 e. The van der Waals surface area contributed by atoms with Crippen molar-refractivity contribution in [1.29, 1.82) is 0 Å². The lowest BCUT2D eigenvalue weighted by Crippen LogP contribution is -2.42. The number of nitrogens with zero attached hydrogens (tertiary/aromatic N) is 1. The molecule has 102 valence electrons. The number of aryl methyl sites for hydroxylation is 1. The van der Waals surface area contributed by atoms with Crippen molar-refractivity contribution in [3.05, 3.63) is 23.4 Å². The van der Waals surface area contributed by atoms with E-state index in [-0.39, 0.29) is 17.9 Å². The fourth-order valence-corrected chi connectivity index (χ4v) is 2.49. The molecule has 0 aliphatic carbocycles. The van der Waals surface area contributed by atoms with E-state index in [9.17, 15) is 9.59 Å². The topological polar surface area (TPSA) is 63.1 Å². The van der Waals surface area contributed by atoms with Crippen LogP contribution in [-0.2, 0) is 9.59 Å². The lowest BCUT2D eigenvalue weighted by molar-refractivity contribution is -0.135. The Balaban J connectivity index is 2.48. The van der Waals surface area contributed by atoms with E-state index in [1.54, 1.807) is 0 Å². The van der Waals surface area contributed by atoms with Gasteiger partial charge in [-0.05, 0) is 38.0 Å². The van der Waals surface area contributed by atoms with Crippen molar-refractivity contribution in [3.63, 3.8) is 0 Å². The van der Waals surface area contributed by atoms with E-state index >= 15 is 0 Å². The van der Waals surface area contributed by atoms with Gasteiger partial charge in [0.05, 0.1) is 0 Å². The van der Waals surface area contributed by atoms with Crippen molar-refractivity contribution in [2.75, 3.05) is 12.4 Å². The van der Waals surface area contributed by atoms with Gasteiger partial charge in [0.25, 0.3) is 0 Å². The van der Waals surface area contributed by atoms with Gasteiger partial charge in [0.1, 0.15) is 11.9 Å². The molecule has 1 aromatic heterocycles. The monoisotopic (exact) mass is 261 g/mol. The molecule has 2 amide bonds. The molecule has 2 rings (SSSR count). The van der Waals surface area contributed by atoms with Crippen LogP contribution < -0.4 is 10.6 Å². The summed E-state index contributed by atoms with van der Waals surface area (Å²) in [6, 6.07) is 1.68. The van der Waals surface area contributed by atoms with E-state index in [2.05, 4.69) is 10.6 Å². The Kier molecular flexibility index (Phi) is 3.74. The molecule has 5 heteroatoms. The number of carbonyl (C=O) groups is 2. The predicted molar refractivity (Wildman–Crippen MR) is 74.8 cm³/mol. The van der Waals surface area contributed by atoms with Crippen LogP contribution in [-0.4, -0.2) is 23.4 Å². The van der Waals surface area contributed by atoms with Crippen molar-refractivity contribution in [2.24, 2.45) is 0 Å². The van der Waals surface area contributed by atoms with Crippen LogP contribution in [0.3, 0.4) is 0 Å². The third kappa shape index (κ3) is 2.41. The first-order valence-electron chi connectivity index (χ1n) is 6.44. The molecule has 2 heterocycles. The number of piperidine rings is 1. The predicted octanol–water partition coefficient (Wildman–Crippen LogP) is 1.85. The standard InChI is InChI=1S/C14H19N3O2/c1-4-5-10-9(2)8-12(15-3)17(10)11-6-7-13(18)16-14(11)19/h4-5,8,11,15H,6-7H2,1-3H3,(H,16,18,19)/b5-4-. The number of amides is 2. The molecule has 19 heavy (non-hydrogen) atoms. The van der Waals surface area contributed by atoms with Gasteiger partial charge < -0.3 is 9.88 Å². The highest BCUT2D eigenvalue weighted by Crippen LogP contribution is 2.30. The highest BCUT2D eigenvalue weighted by molar-refractivity contribution is 5.99. The molecule has 5 nitrogen and oxygen atoms in total. The van der Waals surface area contributed by atoms with E-state index in [1.165, 1.54) is 0 Å². The largest absolute Gasteiger partial charge is 0.375 e. The number of nitrogens with one attached hydrogen (secondary N) is 2. The van der Waals surface area contributed by atoms with Crippen LogP contribution >= 0.6 is 0 Å². The van der Waals surface area contributed by atoms with E-state index in [4.69, 9.17) is 0 Å². The second-order valence-electron chi connectivity index (χ2n) is 4.68. The molecular formula is C14H19N3O2. The van der Waals surface area contributed by atoms with Crippen molar-refractivity contribution in [2.45, 2.75) is 32.7 Å². The van der Waals surface area contributed by atoms with Crippen molar-refractivity contribution in [3.8, 4) is 0 Å². The Labute approximate surface area is 112 Å². The summed E-state index contributed by atoms with van der Waals surface area (Å²) in [5.74, 6) is 0.470. The number of aromatic nitrogens is 1. The number of hydrogen-bond donors (Lipinski definition) is 2. The quantitative estimate of drug-likeness (QED) is 0.816. The lowest BCUT2D eigenvalue weighted by Gasteiger charge is -2.25. The molecule has 1 aromatic rings. The minimum absolute atomic E-state index is 0.191. The molecule has 1 fully saturated rings. The van der Waals surface area contributed by atoms with E-state index in [0.29, 0.717) is 12.8 Å². The number of carbonyl (C=O) groups excluding carboxylic acids is 2. The summed E-state index contributed by atoms with van der Waals surface area (Å²) in [5.41, 5.74) is 2.11. The molecule has 1 aliphatic heterocycles. The zero-order valence-electron chi connectivity index (χ0n) is 11.5. The fourth-order valence-electron chi connectivity index (χ4n) is 2.49. The molecule has 0 bridgehead atoms. The highest BCUT2D eigenvalue weighted by Gasteiger charge is 2.30. The van der Waals surface area contributed by atoms with Crippen LogP contribution in [0, 0.1) is 6.92 Å². The maximum atomic E-state index is 12.0. The number of anilines is 1. The van der Waals surface area contributed by atoms with Crippen molar-refractivity contribution < 1.29 is 9.59 Å². The molecule has 2 N–H and O–H groups in total. The first-order valence-corrected chi connectivity index (χ1v) is 6.44. The van der Waals surface area contributed by atoms with Crippen LogP contribution in [0.25, 0.3) is 6.08 Å². The van der Waals surface area contributed by atoms with E-state index in [0.717, 1.165) is 17.1 Å². The fraction of sp³-hybridized carbons (Fsp3) is 0.429. The minimum atomic E-state index is -0.333. The van der Waals surface area contributed by atoms with Crippen LogP contribution in [0.4, 0.5) is 5.82 Å². The zero-order valence-corrected chi connectivity index (χ0v) is 11.5. The molecule has 0 aromatic carbocycles. The Morgan fingerprint density at radius 3 is 2.79 bits per heavy atom. The first-order chi connectivity index (χ1) is 9.08. The number of rotatable bonds is 3. The average molecular weight is 261 g/mol. The van der Waals surface area contributed by atoms with Gasteiger partial charge in [-0.15, -0.1) is 0 Å². The maximum Gasteiger partial charge on any atom is 0.249 e. The molecular weight excluding hydrogens is 242 g/mol. The maximum absolute atomic E-state index is 12.0. The van der Waals surface area contributed by atoms with Crippen LogP contribution in [0.15, 0.2) is 12.1 Å². The van der Waals surface area contributed by atoms with Gasteiger partial charge in [0, 0.05) is 19.2 Å². The van der Waals surface area contributed by atoms with Gasteiger partial charge in [-0.1, -0.05) is 6.08 Å². The summed E-state index contributed by atoms with van der Waals surface area (Å²) in [6.45, 7) is 3.96. The molecule has 0 spiro atoms. The summed E-state index contributed by atoms with van der Waals surface area (Å²) >= 11 is 0. The van der Waals surface area contributed by atoms with Gasteiger partial charge >= 0.3 is 0 Å². The van der Waals surface area contributed by atoms with Crippen LogP contribution in [0.5, 0.6) is 0 Å². The van der Waals surface area contributed by atoms with Crippen molar-refractivity contribution in [1.82, 2.24) is 9.88 Å². The third-order valence-electron chi connectivity index (χ3n) is 3.38. The van der Waals surface area contributed by atoms with Gasteiger partial charge in [-0.3, -0.25) is 14.9 Å². The third-order valence-corrected chi connectivity index (χ3v) is 3.38. The van der Waals surface area contributed by atoms with E-state index in [1.807, 2.05) is 43.7 Å². The zero-order chi connectivity index (χ0) is 14.0. The molecule has 1 aliphatic rings. The molecule has 0 saturated carbocycles. The Morgan fingerprint density at radius 2 is 2.21 bits per heavy atom. The number of imide groups is 1. The second kappa shape index (κ2) is 5.30. The summed E-state index contributed by atoms with van der Waals surface area (Å²) < 4.78 is 1.97. The van der Waals surface area contributed by atoms with Crippen LogP contribution in [0.2, 0.25) is 0 Å². The van der Waals surface area contributed by atoms with Crippen LogP contribution in [0.1, 0.15) is 37.1 Å². The summed E-state index contributed by atoms with van der Waals surface area (Å²) in [6.07, 6.45) is 4.86. The lowest BCUT2D eigenvalue weighted by atomic mass is 10.1. The first kappa shape index (κ1) is 13.4. The summed E-state index contributed by atoms with van der Waals surface area (Å²) in [7, 11) is 1.83. The second-order valence-corrected chi connectivity index (χ2v) is 4.68. The Morgan fingerprint density at radius 1 is 1.47 bits per heavy atom. The SMILES string of the molecule is C/C=C\c1c(C)cc(NC)n1C1CCC(=O)NC1=O. The number of hydrogen-bond acceptors (Lipinski definition) is 3. The highest BCUT2D eigenvalue weighted by atomic mass is 16.2. The normalized spacial score (nSPS) is 19.8. The Bertz CT molecular complexity index is 543. The van der Waals surface area contributed by atoms with Gasteiger partial charge in [-0.2, -0.15) is 0 Å². The summed E-state index contributed by atoms with van der Waals surface area (Å²) in [5, 5.41) is 5.52.